The quantitative estimate of drug-likeness (QED) is 0.812. The van der Waals surface area contributed by atoms with Crippen LogP contribution in [0.5, 0.6) is 0 Å². The molecule has 0 heterocycles. The van der Waals surface area contributed by atoms with E-state index in [4.69, 9.17) is 34.8 Å². The van der Waals surface area contributed by atoms with Crippen molar-refractivity contribution in [2.24, 2.45) is 0 Å². The molecule has 0 fully saturated rings. The molecule has 1 atom stereocenters. The third kappa shape index (κ3) is 3.73. The van der Waals surface area contributed by atoms with Crippen molar-refractivity contribution < 1.29 is 4.21 Å². The molecule has 0 spiro atoms. The SMILES string of the molecule is O=S(Nc1ccccc1)C(Cl)(Cl)Cl. The fraction of sp³-hybridized carbons (Fsp3) is 0.143. The van der Waals surface area contributed by atoms with Crippen LogP contribution in [-0.2, 0) is 11.0 Å². The van der Waals surface area contributed by atoms with Crippen LogP contribution in [0.1, 0.15) is 0 Å². The number of hydrogen-bond acceptors (Lipinski definition) is 1. The number of halogens is 3. The second-order valence-corrected chi connectivity index (χ2v) is 6.49. The van der Waals surface area contributed by atoms with Crippen molar-refractivity contribution in [1.29, 1.82) is 0 Å². The zero-order chi connectivity index (χ0) is 9.90. The minimum atomic E-state index is -1.81. The lowest BCUT2D eigenvalue weighted by Gasteiger charge is -2.11. The van der Waals surface area contributed by atoms with Crippen molar-refractivity contribution >= 4 is 51.5 Å². The molecule has 1 aromatic carbocycles. The number of alkyl halides is 3. The Morgan fingerprint density at radius 2 is 1.69 bits per heavy atom. The smallest absolute Gasteiger partial charge is 0.285 e. The molecule has 0 aliphatic heterocycles. The summed E-state index contributed by atoms with van der Waals surface area (Å²) in [5, 5.41) is 0. The molecule has 0 amide bonds. The standard InChI is InChI=1S/C7H6Cl3NOS/c8-7(9,10)13(12)11-6-4-2-1-3-5-6/h1-5,11H. The summed E-state index contributed by atoms with van der Waals surface area (Å²) >= 11 is 16.2. The first-order valence-electron chi connectivity index (χ1n) is 3.30. The summed E-state index contributed by atoms with van der Waals surface area (Å²) in [6.45, 7) is 0. The first-order chi connectivity index (χ1) is 6.00. The number of anilines is 1. The average Bonchev–Trinajstić information content (AvgIpc) is 2.04. The van der Waals surface area contributed by atoms with Crippen LogP contribution in [0.4, 0.5) is 5.69 Å². The summed E-state index contributed by atoms with van der Waals surface area (Å²) in [4.78, 5) is 0. The van der Waals surface area contributed by atoms with Crippen molar-refractivity contribution in [2.45, 2.75) is 3.12 Å². The van der Waals surface area contributed by atoms with Gasteiger partial charge in [0.25, 0.3) is 3.12 Å². The molecule has 0 saturated heterocycles. The van der Waals surface area contributed by atoms with Crippen molar-refractivity contribution in [3.8, 4) is 0 Å². The lowest BCUT2D eigenvalue weighted by molar-refractivity contribution is 0.686. The fourth-order valence-electron chi connectivity index (χ4n) is 0.671. The van der Waals surface area contributed by atoms with Crippen molar-refractivity contribution in [3.05, 3.63) is 30.3 Å². The van der Waals surface area contributed by atoms with Gasteiger partial charge in [0.05, 0.1) is 0 Å². The largest absolute Gasteiger partial charge is 0.302 e. The van der Waals surface area contributed by atoms with Gasteiger partial charge in [0.2, 0.25) is 0 Å². The fourth-order valence-corrected chi connectivity index (χ4v) is 1.48. The Balaban J connectivity index is 2.66. The van der Waals surface area contributed by atoms with Gasteiger partial charge in [-0.3, -0.25) is 0 Å². The van der Waals surface area contributed by atoms with Gasteiger partial charge in [-0.05, 0) is 12.1 Å². The Hall–Kier alpha value is 0.0400. The van der Waals surface area contributed by atoms with Gasteiger partial charge in [-0.1, -0.05) is 53.0 Å². The van der Waals surface area contributed by atoms with Gasteiger partial charge < -0.3 is 4.72 Å². The minimum Gasteiger partial charge on any atom is -0.302 e. The summed E-state index contributed by atoms with van der Waals surface area (Å²) in [7, 11) is -1.74. The maximum Gasteiger partial charge on any atom is 0.285 e. The molecule has 0 aliphatic rings. The van der Waals surface area contributed by atoms with E-state index in [0.29, 0.717) is 5.69 Å². The Morgan fingerprint density at radius 3 is 2.15 bits per heavy atom. The molecule has 0 aliphatic carbocycles. The molecule has 72 valence electrons. The molecular formula is C7H6Cl3NOS. The van der Waals surface area contributed by atoms with E-state index < -0.39 is 14.1 Å². The molecular weight excluding hydrogens is 253 g/mol. The summed E-state index contributed by atoms with van der Waals surface area (Å²) in [6.07, 6.45) is 0. The van der Waals surface area contributed by atoms with E-state index in [-0.39, 0.29) is 0 Å². The van der Waals surface area contributed by atoms with Crippen LogP contribution in [0.3, 0.4) is 0 Å². The lowest BCUT2D eigenvalue weighted by atomic mass is 10.3. The van der Waals surface area contributed by atoms with Crippen molar-refractivity contribution in [1.82, 2.24) is 0 Å². The van der Waals surface area contributed by atoms with E-state index in [1.54, 1.807) is 24.3 Å². The monoisotopic (exact) mass is 257 g/mol. The Labute approximate surface area is 93.8 Å². The molecule has 1 N–H and O–H groups in total. The Bertz CT molecular complexity index is 298. The molecule has 0 aromatic heterocycles. The first kappa shape index (κ1) is 11.1. The first-order valence-corrected chi connectivity index (χ1v) is 5.59. The predicted octanol–water partition coefficient (Wildman–Crippen LogP) is 3.09. The van der Waals surface area contributed by atoms with Gasteiger partial charge in [-0.15, -0.1) is 0 Å². The molecule has 0 bridgehead atoms. The molecule has 13 heavy (non-hydrogen) atoms. The van der Waals surface area contributed by atoms with Gasteiger partial charge in [0.15, 0.2) is 11.0 Å². The number of rotatable bonds is 2. The van der Waals surface area contributed by atoms with E-state index in [1.807, 2.05) is 6.07 Å². The summed E-state index contributed by atoms with van der Waals surface area (Å²) in [6, 6.07) is 8.88. The number of nitrogens with one attached hydrogen (secondary N) is 1. The lowest BCUT2D eigenvalue weighted by Crippen LogP contribution is -2.19. The van der Waals surface area contributed by atoms with Gasteiger partial charge in [0, 0.05) is 5.69 Å². The third-order valence-corrected chi connectivity index (χ3v) is 3.30. The number of hydrogen-bond donors (Lipinski definition) is 1. The van der Waals surface area contributed by atoms with E-state index in [2.05, 4.69) is 4.72 Å². The Morgan fingerprint density at radius 1 is 1.15 bits per heavy atom. The molecule has 1 rings (SSSR count). The van der Waals surface area contributed by atoms with Crippen LogP contribution in [0.2, 0.25) is 0 Å². The highest BCUT2D eigenvalue weighted by atomic mass is 35.6. The number of para-hydroxylation sites is 1. The molecule has 6 heteroatoms. The van der Waals surface area contributed by atoms with Gasteiger partial charge in [-0.25, -0.2) is 4.21 Å². The second kappa shape index (κ2) is 4.51. The summed E-state index contributed by atoms with van der Waals surface area (Å²) < 4.78 is 12.0. The van der Waals surface area contributed by atoms with Gasteiger partial charge >= 0.3 is 0 Å². The van der Waals surface area contributed by atoms with Crippen molar-refractivity contribution in [3.63, 3.8) is 0 Å². The summed E-state index contributed by atoms with van der Waals surface area (Å²) in [5.74, 6) is 0. The van der Waals surface area contributed by atoms with Gasteiger partial charge in [-0.2, -0.15) is 0 Å². The molecule has 2 nitrogen and oxygen atoms in total. The van der Waals surface area contributed by atoms with Crippen LogP contribution < -0.4 is 4.72 Å². The van der Waals surface area contributed by atoms with Crippen molar-refractivity contribution in [2.75, 3.05) is 4.72 Å². The van der Waals surface area contributed by atoms with E-state index in [1.165, 1.54) is 0 Å². The zero-order valence-corrected chi connectivity index (χ0v) is 9.42. The highest BCUT2D eigenvalue weighted by Gasteiger charge is 2.28. The highest BCUT2D eigenvalue weighted by Crippen LogP contribution is 2.30. The van der Waals surface area contributed by atoms with Crippen LogP contribution in [0.15, 0.2) is 30.3 Å². The van der Waals surface area contributed by atoms with Crippen LogP contribution in [-0.4, -0.2) is 7.33 Å². The highest BCUT2D eigenvalue weighted by molar-refractivity contribution is 7.92. The molecule has 1 aromatic rings. The number of benzene rings is 1. The molecule has 1 unspecified atom stereocenters. The Kier molecular flexibility index (Phi) is 3.86. The molecule has 0 saturated carbocycles. The van der Waals surface area contributed by atoms with Crippen LogP contribution >= 0.6 is 34.8 Å². The maximum absolute atomic E-state index is 11.2. The average molecular weight is 259 g/mol. The van der Waals surface area contributed by atoms with E-state index in [0.717, 1.165) is 0 Å². The normalized spacial score (nSPS) is 13.8. The van der Waals surface area contributed by atoms with E-state index >= 15 is 0 Å². The molecule has 0 radical (unpaired) electrons. The maximum atomic E-state index is 11.2. The minimum absolute atomic E-state index is 0.646. The van der Waals surface area contributed by atoms with Gasteiger partial charge in [0.1, 0.15) is 0 Å². The summed E-state index contributed by atoms with van der Waals surface area (Å²) in [5.41, 5.74) is 0.646. The van der Waals surface area contributed by atoms with E-state index in [9.17, 15) is 4.21 Å². The topological polar surface area (TPSA) is 29.1 Å². The zero-order valence-electron chi connectivity index (χ0n) is 6.34. The predicted molar refractivity (Wildman–Crippen MR) is 58.5 cm³/mol. The van der Waals surface area contributed by atoms with Crippen LogP contribution in [0.25, 0.3) is 0 Å². The second-order valence-electron chi connectivity index (χ2n) is 2.18. The third-order valence-electron chi connectivity index (χ3n) is 1.19. The van der Waals surface area contributed by atoms with Crippen LogP contribution in [0, 0.1) is 0 Å².